The largest absolute Gasteiger partial charge is 0.483 e. The number of hydrogen-bond acceptors (Lipinski definition) is 6. The van der Waals surface area contributed by atoms with Crippen molar-refractivity contribution >= 4 is 39.1 Å². The third-order valence-electron chi connectivity index (χ3n) is 5.82. The van der Waals surface area contributed by atoms with Gasteiger partial charge in [0.15, 0.2) is 18.1 Å². The molecule has 0 bridgehead atoms. The molecule has 32 heavy (non-hydrogen) atoms. The van der Waals surface area contributed by atoms with E-state index in [4.69, 9.17) is 25.8 Å². The van der Waals surface area contributed by atoms with E-state index in [0.29, 0.717) is 29.1 Å². The van der Waals surface area contributed by atoms with Gasteiger partial charge in [0.05, 0.1) is 9.72 Å². The molecular weight excluding hydrogens is 448 g/mol. The Labute approximate surface area is 196 Å². The van der Waals surface area contributed by atoms with Crippen LogP contribution in [-0.2, 0) is 11.2 Å². The smallest absolute Gasteiger partial charge is 0.274 e. The van der Waals surface area contributed by atoms with Crippen LogP contribution < -0.4 is 14.2 Å². The number of rotatable bonds is 5. The second kappa shape index (κ2) is 8.45. The number of likely N-dealkylation sites (tertiary alicyclic amines) is 1. The first-order valence-corrected chi connectivity index (χ1v) is 12.0. The normalized spacial score (nSPS) is 17.8. The maximum absolute atomic E-state index is 12.7. The molecule has 2 aliphatic rings. The standard InChI is InChI=1S/C24H25ClN2O4S/c1-24(2)13-15-5-3-7-18(22(15)31-24)29-14-20(28)27-11-9-16(10-12-27)30-23-26-21-17(25)6-4-8-19(21)32-23/h3-8,16H,9-14H2,1-2H3. The Kier molecular flexibility index (Phi) is 5.63. The Morgan fingerprint density at radius 2 is 2.03 bits per heavy atom. The van der Waals surface area contributed by atoms with Crippen molar-refractivity contribution < 1.29 is 19.0 Å². The third-order valence-corrected chi connectivity index (χ3v) is 7.03. The monoisotopic (exact) mass is 472 g/mol. The quantitative estimate of drug-likeness (QED) is 0.516. The summed E-state index contributed by atoms with van der Waals surface area (Å²) in [6, 6.07) is 11.6. The van der Waals surface area contributed by atoms with Gasteiger partial charge in [0.25, 0.3) is 11.1 Å². The molecule has 6 nitrogen and oxygen atoms in total. The van der Waals surface area contributed by atoms with Crippen LogP contribution in [0.3, 0.4) is 0 Å². The van der Waals surface area contributed by atoms with E-state index in [1.165, 1.54) is 11.3 Å². The van der Waals surface area contributed by atoms with Crippen LogP contribution in [0.4, 0.5) is 0 Å². The lowest BCUT2D eigenvalue weighted by Gasteiger charge is -2.31. The van der Waals surface area contributed by atoms with Crippen LogP contribution in [0.25, 0.3) is 10.2 Å². The summed E-state index contributed by atoms with van der Waals surface area (Å²) >= 11 is 7.71. The molecule has 0 spiro atoms. The molecule has 2 aliphatic heterocycles. The number of aromatic nitrogens is 1. The number of piperidine rings is 1. The zero-order chi connectivity index (χ0) is 22.3. The number of benzene rings is 2. The molecule has 168 valence electrons. The van der Waals surface area contributed by atoms with Gasteiger partial charge in [0, 0.05) is 37.9 Å². The molecule has 5 rings (SSSR count). The lowest BCUT2D eigenvalue weighted by molar-refractivity contribution is -0.135. The van der Waals surface area contributed by atoms with Gasteiger partial charge in [0.1, 0.15) is 17.2 Å². The highest BCUT2D eigenvalue weighted by Crippen LogP contribution is 2.41. The van der Waals surface area contributed by atoms with E-state index in [1.54, 1.807) is 0 Å². The van der Waals surface area contributed by atoms with E-state index >= 15 is 0 Å². The zero-order valence-electron chi connectivity index (χ0n) is 18.1. The summed E-state index contributed by atoms with van der Waals surface area (Å²) in [7, 11) is 0. The summed E-state index contributed by atoms with van der Waals surface area (Å²) in [5.41, 5.74) is 1.65. The molecule has 0 unspecified atom stereocenters. The number of hydrogen-bond donors (Lipinski definition) is 0. The Morgan fingerprint density at radius 3 is 2.81 bits per heavy atom. The Bertz CT molecular complexity index is 1150. The minimum absolute atomic E-state index is 0.00212. The van der Waals surface area contributed by atoms with E-state index in [9.17, 15) is 4.79 Å². The van der Waals surface area contributed by atoms with E-state index < -0.39 is 0 Å². The number of carbonyl (C=O) groups is 1. The van der Waals surface area contributed by atoms with E-state index in [0.717, 1.165) is 40.8 Å². The van der Waals surface area contributed by atoms with Gasteiger partial charge < -0.3 is 19.1 Å². The maximum atomic E-state index is 12.7. The minimum atomic E-state index is -0.248. The average molecular weight is 473 g/mol. The predicted molar refractivity (Wildman–Crippen MR) is 125 cm³/mol. The van der Waals surface area contributed by atoms with Crippen LogP contribution >= 0.6 is 22.9 Å². The van der Waals surface area contributed by atoms with Crippen LogP contribution in [0.2, 0.25) is 5.02 Å². The van der Waals surface area contributed by atoms with Crippen LogP contribution in [0, 0.1) is 0 Å². The molecule has 3 heterocycles. The number of amides is 1. The van der Waals surface area contributed by atoms with Gasteiger partial charge in [-0.05, 0) is 32.0 Å². The number of ether oxygens (including phenoxy) is 3. The third kappa shape index (κ3) is 4.36. The summed E-state index contributed by atoms with van der Waals surface area (Å²) in [4.78, 5) is 19.1. The molecule has 1 fully saturated rings. The van der Waals surface area contributed by atoms with Gasteiger partial charge in [-0.2, -0.15) is 0 Å². The van der Waals surface area contributed by atoms with Crippen molar-refractivity contribution in [2.75, 3.05) is 19.7 Å². The first-order valence-electron chi connectivity index (χ1n) is 10.8. The fraction of sp³-hybridized carbons (Fsp3) is 0.417. The van der Waals surface area contributed by atoms with Crippen molar-refractivity contribution in [1.29, 1.82) is 0 Å². The van der Waals surface area contributed by atoms with E-state index in [-0.39, 0.29) is 24.2 Å². The van der Waals surface area contributed by atoms with Crippen molar-refractivity contribution in [3.05, 3.63) is 47.0 Å². The summed E-state index contributed by atoms with van der Waals surface area (Å²) in [6.45, 7) is 5.38. The van der Waals surface area contributed by atoms with Gasteiger partial charge >= 0.3 is 0 Å². The molecule has 0 saturated carbocycles. The molecule has 0 N–H and O–H groups in total. The second-order valence-electron chi connectivity index (χ2n) is 8.84. The number of carbonyl (C=O) groups excluding carboxylic acids is 1. The van der Waals surface area contributed by atoms with Crippen LogP contribution in [0.15, 0.2) is 36.4 Å². The van der Waals surface area contributed by atoms with Crippen LogP contribution in [-0.4, -0.2) is 47.2 Å². The first kappa shape index (κ1) is 21.3. The summed E-state index contributed by atoms with van der Waals surface area (Å²) < 4.78 is 19.0. The molecule has 3 aromatic rings. The molecule has 0 aliphatic carbocycles. The van der Waals surface area contributed by atoms with Gasteiger partial charge in [-0.15, -0.1) is 0 Å². The Hall–Kier alpha value is -2.51. The first-order chi connectivity index (χ1) is 15.4. The highest BCUT2D eigenvalue weighted by atomic mass is 35.5. The fourth-order valence-corrected chi connectivity index (χ4v) is 5.42. The highest BCUT2D eigenvalue weighted by molar-refractivity contribution is 7.20. The molecule has 1 saturated heterocycles. The van der Waals surface area contributed by atoms with Crippen LogP contribution in [0.5, 0.6) is 16.7 Å². The summed E-state index contributed by atoms with van der Waals surface area (Å²) in [6.07, 6.45) is 2.38. The molecule has 0 radical (unpaired) electrons. The predicted octanol–water partition coefficient (Wildman–Crippen LogP) is 5.11. The number of halogens is 1. The maximum Gasteiger partial charge on any atom is 0.274 e. The number of nitrogens with zero attached hydrogens (tertiary/aromatic N) is 2. The molecule has 8 heteroatoms. The van der Waals surface area contributed by atoms with E-state index in [1.807, 2.05) is 41.3 Å². The topological polar surface area (TPSA) is 60.9 Å². The van der Waals surface area contributed by atoms with E-state index in [2.05, 4.69) is 18.8 Å². The minimum Gasteiger partial charge on any atom is -0.483 e. The average Bonchev–Trinajstić information content (AvgIpc) is 3.32. The van der Waals surface area contributed by atoms with Gasteiger partial charge in [0.2, 0.25) is 0 Å². The van der Waals surface area contributed by atoms with Crippen molar-refractivity contribution in [3.8, 4) is 16.7 Å². The van der Waals surface area contributed by atoms with Crippen molar-refractivity contribution in [3.63, 3.8) is 0 Å². The van der Waals surface area contributed by atoms with Gasteiger partial charge in [-0.1, -0.05) is 41.1 Å². The van der Waals surface area contributed by atoms with Crippen molar-refractivity contribution in [2.24, 2.45) is 0 Å². The highest BCUT2D eigenvalue weighted by Gasteiger charge is 2.32. The zero-order valence-corrected chi connectivity index (χ0v) is 19.7. The Balaban J connectivity index is 1.14. The summed E-state index contributed by atoms with van der Waals surface area (Å²) in [5, 5.41) is 1.26. The lowest BCUT2D eigenvalue weighted by Crippen LogP contribution is -2.43. The molecule has 2 aromatic carbocycles. The Morgan fingerprint density at radius 1 is 1.25 bits per heavy atom. The lowest BCUT2D eigenvalue weighted by atomic mass is 10.0. The number of fused-ring (bicyclic) bond motifs is 2. The van der Waals surface area contributed by atoms with Gasteiger partial charge in [-0.25, -0.2) is 4.98 Å². The van der Waals surface area contributed by atoms with Crippen molar-refractivity contribution in [1.82, 2.24) is 9.88 Å². The molecule has 1 amide bonds. The molecule has 1 aromatic heterocycles. The van der Waals surface area contributed by atoms with Gasteiger partial charge in [-0.3, -0.25) is 4.79 Å². The van der Waals surface area contributed by atoms with Crippen molar-refractivity contribution in [2.45, 2.75) is 44.8 Å². The number of thiazole rings is 1. The summed E-state index contributed by atoms with van der Waals surface area (Å²) in [5.74, 6) is 1.37. The molecule has 0 atom stereocenters. The fourth-order valence-electron chi connectivity index (χ4n) is 4.24. The number of para-hydroxylation sites is 2. The second-order valence-corrected chi connectivity index (χ2v) is 10.2. The molecular formula is C24H25ClN2O4S. The van der Waals surface area contributed by atoms with Crippen LogP contribution in [0.1, 0.15) is 32.3 Å². The SMILES string of the molecule is CC1(C)Cc2cccc(OCC(=O)N3CCC(Oc4nc5c(Cl)cccc5s4)CC3)c2O1.